The van der Waals surface area contributed by atoms with Crippen LogP contribution in [-0.4, -0.2) is 42.0 Å². The number of nitrogens with one attached hydrogen (secondary N) is 1. The van der Waals surface area contributed by atoms with Crippen LogP contribution in [0.25, 0.3) is 11.1 Å². The van der Waals surface area contributed by atoms with Crippen LogP contribution in [0, 0.1) is 6.92 Å². The SMILES string of the molecule is Cc1cncc(-c2ccc(C(=O)N3CCNCC3)cc2)c1. The third-order valence-corrected chi connectivity index (χ3v) is 3.74. The Morgan fingerprint density at radius 2 is 1.81 bits per heavy atom. The van der Waals surface area contributed by atoms with E-state index in [0.717, 1.165) is 48.4 Å². The highest BCUT2D eigenvalue weighted by Crippen LogP contribution is 2.20. The van der Waals surface area contributed by atoms with Crippen molar-refractivity contribution in [3.05, 3.63) is 53.9 Å². The van der Waals surface area contributed by atoms with Crippen molar-refractivity contribution in [2.75, 3.05) is 26.2 Å². The average Bonchev–Trinajstić information content (AvgIpc) is 2.55. The van der Waals surface area contributed by atoms with Gasteiger partial charge in [-0.2, -0.15) is 0 Å². The molecular formula is C17H19N3O. The number of hydrogen-bond donors (Lipinski definition) is 1. The van der Waals surface area contributed by atoms with Crippen LogP contribution in [0.15, 0.2) is 42.7 Å². The number of amides is 1. The number of pyridine rings is 1. The number of piperazine rings is 1. The monoisotopic (exact) mass is 281 g/mol. The quantitative estimate of drug-likeness (QED) is 0.917. The zero-order chi connectivity index (χ0) is 14.7. The number of nitrogens with zero attached hydrogens (tertiary/aromatic N) is 2. The van der Waals surface area contributed by atoms with Gasteiger partial charge >= 0.3 is 0 Å². The molecule has 0 aliphatic carbocycles. The first-order valence-corrected chi connectivity index (χ1v) is 7.26. The van der Waals surface area contributed by atoms with Gasteiger partial charge in [0.15, 0.2) is 0 Å². The van der Waals surface area contributed by atoms with E-state index in [0.29, 0.717) is 0 Å². The number of carbonyl (C=O) groups is 1. The molecule has 2 heterocycles. The van der Waals surface area contributed by atoms with Crippen LogP contribution in [0.5, 0.6) is 0 Å². The Morgan fingerprint density at radius 3 is 2.48 bits per heavy atom. The summed E-state index contributed by atoms with van der Waals surface area (Å²) in [5.41, 5.74) is 4.05. The van der Waals surface area contributed by atoms with Gasteiger partial charge in [-0.15, -0.1) is 0 Å². The fourth-order valence-corrected chi connectivity index (χ4v) is 2.57. The lowest BCUT2D eigenvalue weighted by molar-refractivity contribution is 0.0736. The van der Waals surface area contributed by atoms with Crippen molar-refractivity contribution in [3.63, 3.8) is 0 Å². The number of hydrogen-bond acceptors (Lipinski definition) is 3. The predicted octanol–water partition coefficient (Wildman–Crippen LogP) is 2.10. The van der Waals surface area contributed by atoms with Crippen LogP contribution in [0.3, 0.4) is 0 Å². The lowest BCUT2D eigenvalue weighted by atomic mass is 10.0. The van der Waals surface area contributed by atoms with Gasteiger partial charge in [0, 0.05) is 49.7 Å². The van der Waals surface area contributed by atoms with Crippen molar-refractivity contribution in [2.24, 2.45) is 0 Å². The summed E-state index contributed by atoms with van der Waals surface area (Å²) < 4.78 is 0. The largest absolute Gasteiger partial charge is 0.336 e. The molecule has 4 heteroatoms. The highest BCUT2D eigenvalue weighted by Gasteiger charge is 2.17. The van der Waals surface area contributed by atoms with Crippen LogP contribution in [-0.2, 0) is 0 Å². The number of benzene rings is 1. The fraction of sp³-hybridized carbons (Fsp3) is 0.294. The van der Waals surface area contributed by atoms with Crippen LogP contribution in [0.2, 0.25) is 0 Å². The van der Waals surface area contributed by atoms with E-state index in [4.69, 9.17) is 0 Å². The van der Waals surface area contributed by atoms with E-state index in [9.17, 15) is 4.79 Å². The van der Waals surface area contributed by atoms with Gasteiger partial charge in [-0.1, -0.05) is 12.1 Å². The van der Waals surface area contributed by atoms with Gasteiger partial charge in [0.25, 0.3) is 5.91 Å². The first-order valence-electron chi connectivity index (χ1n) is 7.26. The van der Waals surface area contributed by atoms with Gasteiger partial charge < -0.3 is 10.2 Å². The molecule has 2 aromatic rings. The second-order valence-corrected chi connectivity index (χ2v) is 5.37. The Kier molecular flexibility index (Phi) is 3.97. The lowest BCUT2D eigenvalue weighted by Crippen LogP contribution is -2.46. The smallest absolute Gasteiger partial charge is 0.253 e. The van der Waals surface area contributed by atoms with Gasteiger partial charge in [0.2, 0.25) is 0 Å². The van der Waals surface area contributed by atoms with Gasteiger partial charge in [0.05, 0.1) is 0 Å². The van der Waals surface area contributed by atoms with Crippen LogP contribution < -0.4 is 5.32 Å². The molecular weight excluding hydrogens is 262 g/mol. The first-order chi connectivity index (χ1) is 10.2. The van der Waals surface area contributed by atoms with Crippen molar-refractivity contribution < 1.29 is 4.79 Å². The van der Waals surface area contributed by atoms with Gasteiger partial charge in [-0.25, -0.2) is 0 Å². The molecule has 1 aliphatic rings. The van der Waals surface area contributed by atoms with Crippen LogP contribution in [0.1, 0.15) is 15.9 Å². The van der Waals surface area contributed by atoms with E-state index in [1.165, 1.54) is 0 Å². The Morgan fingerprint density at radius 1 is 1.10 bits per heavy atom. The number of aryl methyl sites for hydroxylation is 1. The molecule has 0 bridgehead atoms. The van der Waals surface area contributed by atoms with Crippen LogP contribution >= 0.6 is 0 Å². The number of carbonyl (C=O) groups excluding carboxylic acids is 1. The molecule has 0 radical (unpaired) electrons. The van der Waals surface area contributed by atoms with Crippen molar-refractivity contribution >= 4 is 5.91 Å². The lowest BCUT2D eigenvalue weighted by Gasteiger charge is -2.27. The van der Waals surface area contributed by atoms with Crippen molar-refractivity contribution in [1.29, 1.82) is 0 Å². The zero-order valence-corrected chi connectivity index (χ0v) is 12.2. The summed E-state index contributed by atoms with van der Waals surface area (Å²) in [7, 11) is 0. The minimum absolute atomic E-state index is 0.116. The van der Waals surface area contributed by atoms with E-state index in [1.807, 2.05) is 48.5 Å². The summed E-state index contributed by atoms with van der Waals surface area (Å²) in [6.07, 6.45) is 3.69. The zero-order valence-electron chi connectivity index (χ0n) is 12.2. The standard InChI is InChI=1S/C17H19N3O/c1-13-10-16(12-19-11-13)14-2-4-15(5-3-14)17(21)20-8-6-18-7-9-20/h2-5,10-12,18H,6-9H2,1H3. The van der Waals surface area contributed by atoms with E-state index in [1.54, 1.807) is 0 Å². The van der Waals surface area contributed by atoms with Crippen molar-refractivity contribution in [1.82, 2.24) is 15.2 Å². The van der Waals surface area contributed by atoms with Crippen molar-refractivity contribution in [2.45, 2.75) is 6.92 Å². The molecule has 0 atom stereocenters. The third kappa shape index (κ3) is 3.11. The van der Waals surface area contributed by atoms with E-state index in [2.05, 4.69) is 16.4 Å². The second kappa shape index (κ2) is 6.06. The maximum atomic E-state index is 12.4. The normalized spacial score (nSPS) is 15.0. The molecule has 1 saturated heterocycles. The summed E-state index contributed by atoms with van der Waals surface area (Å²) in [5.74, 6) is 0.116. The average molecular weight is 281 g/mol. The predicted molar refractivity (Wildman–Crippen MR) is 83.2 cm³/mol. The second-order valence-electron chi connectivity index (χ2n) is 5.37. The Bertz CT molecular complexity index is 631. The maximum absolute atomic E-state index is 12.4. The molecule has 21 heavy (non-hydrogen) atoms. The number of rotatable bonds is 2. The molecule has 0 spiro atoms. The minimum atomic E-state index is 0.116. The first kappa shape index (κ1) is 13.8. The van der Waals surface area contributed by atoms with Crippen molar-refractivity contribution in [3.8, 4) is 11.1 Å². The molecule has 1 aromatic heterocycles. The molecule has 1 amide bonds. The highest BCUT2D eigenvalue weighted by atomic mass is 16.2. The molecule has 1 fully saturated rings. The maximum Gasteiger partial charge on any atom is 0.253 e. The van der Waals surface area contributed by atoms with Gasteiger partial charge in [-0.05, 0) is 36.2 Å². The molecule has 1 aromatic carbocycles. The Balaban J connectivity index is 1.79. The van der Waals surface area contributed by atoms with Gasteiger partial charge in [-0.3, -0.25) is 9.78 Å². The fourth-order valence-electron chi connectivity index (χ4n) is 2.57. The van der Waals surface area contributed by atoms with E-state index in [-0.39, 0.29) is 5.91 Å². The topological polar surface area (TPSA) is 45.2 Å². The number of aromatic nitrogens is 1. The third-order valence-electron chi connectivity index (χ3n) is 3.74. The molecule has 108 valence electrons. The molecule has 4 nitrogen and oxygen atoms in total. The Labute approximate surface area is 124 Å². The highest BCUT2D eigenvalue weighted by molar-refractivity contribution is 5.94. The summed E-state index contributed by atoms with van der Waals surface area (Å²) in [6, 6.07) is 9.89. The summed E-state index contributed by atoms with van der Waals surface area (Å²) in [5, 5.41) is 3.26. The molecule has 3 rings (SSSR count). The Hall–Kier alpha value is -2.20. The van der Waals surface area contributed by atoms with Crippen LogP contribution in [0.4, 0.5) is 0 Å². The minimum Gasteiger partial charge on any atom is -0.336 e. The summed E-state index contributed by atoms with van der Waals surface area (Å²) >= 11 is 0. The molecule has 1 aliphatic heterocycles. The molecule has 0 saturated carbocycles. The summed E-state index contributed by atoms with van der Waals surface area (Å²) in [6.45, 7) is 5.33. The van der Waals surface area contributed by atoms with E-state index >= 15 is 0 Å². The molecule has 1 N–H and O–H groups in total. The van der Waals surface area contributed by atoms with Gasteiger partial charge in [0.1, 0.15) is 0 Å². The van der Waals surface area contributed by atoms with E-state index < -0.39 is 0 Å². The molecule has 0 unspecified atom stereocenters. The summed E-state index contributed by atoms with van der Waals surface area (Å²) in [4.78, 5) is 18.5.